The molecule has 1 saturated carbocycles. The zero-order chi connectivity index (χ0) is 9.60. The highest BCUT2D eigenvalue weighted by Gasteiger charge is 2.54. The normalized spacial score (nSPS) is 35.4. The molecule has 2 aliphatic rings. The van der Waals surface area contributed by atoms with Crippen LogP contribution in [0.4, 0.5) is 0 Å². The van der Waals surface area contributed by atoms with Crippen LogP contribution in [0.1, 0.15) is 38.0 Å². The van der Waals surface area contributed by atoms with E-state index in [-0.39, 0.29) is 5.54 Å². The molecule has 0 unspecified atom stereocenters. The molecule has 1 N–H and O–H groups in total. The summed E-state index contributed by atoms with van der Waals surface area (Å²) >= 11 is 0. The summed E-state index contributed by atoms with van der Waals surface area (Å²) in [5.41, 5.74) is 0.0560. The van der Waals surface area contributed by atoms with E-state index in [4.69, 9.17) is 4.42 Å². The Labute approximate surface area is 83.1 Å². The molecule has 1 saturated heterocycles. The number of fused-ring (bicyclic) bond motifs is 1. The van der Waals surface area contributed by atoms with Crippen LogP contribution >= 0.6 is 0 Å². The number of aryl methyl sites for hydroxylation is 1. The summed E-state index contributed by atoms with van der Waals surface area (Å²) in [6.45, 7) is 3.13. The monoisotopic (exact) mass is 193 g/mol. The minimum absolute atomic E-state index is 0.0560. The van der Waals surface area contributed by atoms with Crippen molar-refractivity contribution < 1.29 is 4.42 Å². The van der Waals surface area contributed by atoms with Gasteiger partial charge in [0.2, 0.25) is 11.8 Å². The SMILES string of the molecule is CCc1nnc([C@]23CC[C@H]2CCN3)o1. The first-order valence-corrected chi connectivity index (χ1v) is 5.43. The maximum Gasteiger partial charge on any atom is 0.236 e. The van der Waals surface area contributed by atoms with Gasteiger partial charge < -0.3 is 9.73 Å². The molecule has 2 heterocycles. The van der Waals surface area contributed by atoms with Crippen LogP contribution < -0.4 is 5.32 Å². The van der Waals surface area contributed by atoms with Crippen LogP contribution in [0, 0.1) is 5.92 Å². The van der Waals surface area contributed by atoms with Gasteiger partial charge in [-0.25, -0.2) is 0 Å². The van der Waals surface area contributed by atoms with Crippen molar-refractivity contribution >= 4 is 0 Å². The standard InChI is InChI=1S/C10H15N3O/c1-2-8-12-13-9(14-8)10-5-3-7(10)4-6-11-10/h7,11H,2-6H2,1H3/t7-,10-/m0/s1. The van der Waals surface area contributed by atoms with Crippen LogP contribution in [0.15, 0.2) is 4.42 Å². The van der Waals surface area contributed by atoms with Crippen LogP contribution in [0.3, 0.4) is 0 Å². The topological polar surface area (TPSA) is 51.0 Å². The molecule has 2 atom stereocenters. The Hall–Kier alpha value is -0.900. The minimum atomic E-state index is 0.0560. The number of hydrogen-bond donors (Lipinski definition) is 1. The van der Waals surface area contributed by atoms with E-state index < -0.39 is 0 Å². The second kappa shape index (κ2) is 2.79. The molecule has 4 nitrogen and oxygen atoms in total. The van der Waals surface area contributed by atoms with Gasteiger partial charge in [-0.05, 0) is 31.7 Å². The van der Waals surface area contributed by atoms with Gasteiger partial charge in [-0.3, -0.25) is 0 Å². The lowest BCUT2D eigenvalue weighted by molar-refractivity contribution is 0.0988. The lowest BCUT2D eigenvalue weighted by Gasteiger charge is -2.41. The van der Waals surface area contributed by atoms with Crippen LogP contribution in [0.5, 0.6) is 0 Å². The number of rotatable bonds is 2. The Balaban J connectivity index is 1.94. The van der Waals surface area contributed by atoms with Crippen LogP contribution in [-0.2, 0) is 12.0 Å². The Morgan fingerprint density at radius 3 is 3.00 bits per heavy atom. The molecule has 0 aromatic carbocycles. The van der Waals surface area contributed by atoms with E-state index in [1.165, 1.54) is 12.8 Å². The molecule has 0 spiro atoms. The van der Waals surface area contributed by atoms with Gasteiger partial charge in [0.1, 0.15) is 5.54 Å². The quantitative estimate of drug-likeness (QED) is 0.767. The minimum Gasteiger partial charge on any atom is -0.423 e. The Morgan fingerprint density at radius 1 is 1.50 bits per heavy atom. The van der Waals surface area contributed by atoms with Crippen molar-refractivity contribution in [1.82, 2.24) is 15.5 Å². The average molecular weight is 193 g/mol. The van der Waals surface area contributed by atoms with Gasteiger partial charge >= 0.3 is 0 Å². The summed E-state index contributed by atoms with van der Waals surface area (Å²) in [5.74, 6) is 2.31. The molecule has 0 amide bonds. The highest BCUT2D eigenvalue weighted by molar-refractivity contribution is 5.15. The molecule has 14 heavy (non-hydrogen) atoms. The summed E-state index contributed by atoms with van der Waals surface area (Å²) in [6.07, 6.45) is 4.54. The van der Waals surface area contributed by atoms with Gasteiger partial charge in [-0.1, -0.05) is 6.92 Å². The van der Waals surface area contributed by atoms with Crippen molar-refractivity contribution in [2.75, 3.05) is 6.54 Å². The van der Waals surface area contributed by atoms with Crippen molar-refractivity contribution in [2.24, 2.45) is 5.92 Å². The predicted molar refractivity (Wildman–Crippen MR) is 50.7 cm³/mol. The van der Waals surface area contributed by atoms with E-state index in [0.29, 0.717) is 0 Å². The van der Waals surface area contributed by atoms with Gasteiger partial charge in [0, 0.05) is 6.42 Å². The Morgan fingerprint density at radius 2 is 2.43 bits per heavy atom. The van der Waals surface area contributed by atoms with E-state index >= 15 is 0 Å². The third-order valence-electron chi connectivity index (χ3n) is 3.67. The number of nitrogens with one attached hydrogen (secondary N) is 1. The predicted octanol–water partition coefficient (Wildman–Crippen LogP) is 1.23. The van der Waals surface area contributed by atoms with Crippen molar-refractivity contribution in [1.29, 1.82) is 0 Å². The molecule has 1 aliphatic carbocycles. The zero-order valence-electron chi connectivity index (χ0n) is 8.42. The lowest BCUT2D eigenvalue weighted by Crippen LogP contribution is -2.49. The smallest absolute Gasteiger partial charge is 0.236 e. The van der Waals surface area contributed by atoms with Crippen LogP contribution in [-0.4, -0.2) is 16.7 Å². The zero-order valence-corrected chi connectivity index (χ0v) is 8.42. The third kappa shape index (κ3) is 0.919. The fraction of sp³-hybridized carbons (Fsp3) is 0.800. The first-order chi connectivity index (χ1) is 6.85. The summed E-state index contributed by atoms with van der Waals surface area (Å²) in [4.78, 5) is 0. The van der Waals surface area contributed by atoms with Crippen molar-refractivity contribution in [3.05, 3.63) is 11.8 Å². The maximum atomic E-state index is 5.66. The molecular formula is C10H15N3O. The fourth-order valence-electron chi connectivity index (χ4n) is 2.66. The van der Waals surface area contributed by atoms with Gasteiger partial charge in [0.05, 0.1) is 0 Å². The van der Waals surface area contributed by atoms with Gasteiger partial charge in [-0.15, -0.1) is 10.2 Å². The molecule has 3 rings (SSSR count). The second-order valence-electron chi connectivity index (χ2n) is 4.28. The van der Waals surface area contributed by atoms with Crippen LogP contribution in [0.25, 0.3) is 0 Å². The van der Waals surface area contributed by atoms with E-state index in [1.54, 1.807) is 0 Å². The fourth-order valence-corrected chi connectivity index (χ4v) is 2.66. The molecule has 1 aromatic rings. The second-order valence-corrected chi connectivity index (χ2v) is 4.28. The highest BCUT2D eigenvalue weighted by atomic mass is 16.4. The summed E-state index contributed by atoms with van der Waals surface area (Å²) in [7, 11) is 0. The average Bonchev–Trinajstić information content (AvgIpc) is 2.73. The van der Waals surface area contributed by atoms with E-state index in [9.17, 15) is 0 Å². The molecule has 4 heteroatoms. The summed E-state index contributed by atoms with van der Waals surface area (Å²) in [5, 5.41) is 11.7. The first-order valence-electron chi connectivity index (χ1n) is 5.43. The van der Waals surface area contributed by atoms with Gasteiger partial charge in [0.25, 0.3) is 0 Å². The Bertz CT molecular complexity index is 349. The summed E-state index contributed by atoms with van der Waals surface area (Å²) < 4.78 is 5.66. The van der Waals surface area contributed by atoms with E-state index in [1.807, 2.05) is 6.92 Å². The summed E-state index contributed by atoms with van der Waals surface area (Å²) in [6, 6.07) is 0. The van der Waals surface area contributed by atoms with Crippen molar-refractivity contribution in [2.45, 2.75) is 38.1 Å². The molecule has 0 radical (unpaired) electrons. The van der Waals surface area contributed by atoms with Crippen LogP contribution in [0.2, 0.25) is 0 Å². The van der Waals surface area contributed by atoms with E-state index in [0.717, 1.165) is 37.1 Å². The van der Waals surface area contributed by atoms with E-state index in [2.05, 4.69) is 15.5 Å². The molecule has 1 aliphatic heterocycles. The number of hydrogen-bond acceptors (Lipinski definition) is 4. The number of aromatic nitrogens is 2. The molecule has 76 valence electrons. The molecular weight excluding hydrogens is 178 g/mol. The van der Waals surface area contributed by atoms with Crippen molar-refractivity contribution in [3.63, 3.8) is 0 Å². The molecule has 2 fully saturated rings. The van der Waals surface area contributed by atoms with Gasteiger partial charge in [-0.2, -0.15) is 0 Å². The Kier molecular flexibility index (Phi) is 1.68. The van der Waals surface area contributed by atoms with Gasteiger partial charge in [0.15, 0.2) is 0 Å². The first kappa shape index (κ1) is 8.41. The lowest BCUT2D eigenvalue weighted by atomic mass is 9.68. The maximum absolute atomic E-state index is 5.66. The largest absolute Gasteiger partial charge is 0.423 e. The highest BCUT2D eigenvalue weighted by Crippen LogP contribution is 2.50. The molecule has 0 bridgehead atoms. The third-order valence-corrected chi connectivity index (χ3v) is 3.67. The van der Waals surface area contributed by atoms with Crippen molar-refractivity contribution in [3.8, 4) is 0 Å². The number of nitrogens with zero attached hydrogens (tertiary/aromatic N) is 2. The molecule has 1 aromatic heterocycles.